The van der Waals surface area contributed by atoms with E-state index in [0.29, 0.717) is 18.6 Å². The van der Waals surface area contributed by atoms with Gasteiger partial charge in [0.25, 0.3) is 5.91 Å². The van der Waals surface area contributed by atoms with Crippen molar-refractivity contribution in [2.45, 2.75) is 51.6 Å². The van der Waals surface area contributed by atoms with Gasteiger partial charge in [0.05, 0.1) is 0 Å². The molecular weight excluding hydrogens is 242 g/mol. The summed E-state index contributed by atoms with van der Waals surface area (Å²) in [4.78, 5) is 11.5. The molecule has 104 valence electrons. The minimum absolute atomic E-state index is 0.191. The number of ether oxygens (including phenoxy) is 1. The highest BCUT2D eigenvalue weighted by Crippen LogP contribution is 2.40. The molecule has 1 aromatic carbocycles. The molecule has 1 aromatic rings. The van der Waals surface area contributed by atoms with E-state index >= 15 is 0 Å². The molecule has 0 radical (unpaired) electrons. The number of rotatable bonds is 1. The third kappa shape index (κ3) is 2.39. The fourth-order valence-corrected chi connectivity index (χ4v) is 2.34. The van der Waals surface area contributed by atoms with Gasteiger partial charge < -0.3 is 15.6 Å². The lowest BCUT2D eigenvalue weighted by Gasteiger charge is -2.34. The van der Waals surface area contributed by atoms with Crippen LogP contribution in [-0.2, 0) is 16.6 Å². The SMILES string of the molecule is CC1(C(N)=O)CCc2cc(O)c(C(C)(C)C)cc2O1. The smallest absolute Gasteiger partial charge is 0.261 e. The predicted molar refractivity (Wildman–Crippen MR) is 73.4 cm³/mol. The summed E-state index contributed by atoms with van der Waals surface area (Å²) in [5.74, 6) is 0.469. The third-order valence-corrected chi connectivity index (χ3v) is 3.71. The number of aromatic hydroxyl groups is 1. The normalized spacial score (nSPS) is 22.5. The number of nitrogens with two attached hydrogens (primary N) is 1. The average molecular weight is 263 g/mol. The van der Waals surface area contributed by atoms with E-state index in [1.165, 1.54) is 0 Å². The molecular formula is C15H21NO3. The van der Waals surface area contributed by atoms with Crippen molar-refractivity contribution in [1.29, 1.82) is 0 Å². The summed E-state index contributed by atoms with van der Waals surface area (Å²) in [5, 5.41) is 10.1. The van der Waals surface area contributed by atoms with Crippen molar-refractivity contribution in [3.8, 4) is 11.5 Å². The monoisotopic (exact) mass is 263 g/mol. The minimum atomic E-state index is -0.959. The Balaban J connectivity index is 2.48. The van der Waals surface area contributed by atoms with E-state index in [2.05, 4.69) is 0 Å². The number of primary amides is 1. The van der Waals surface area contributed by atoms with Gasteiger partial charge >= 0.3 is 0 Å². The quantitative estimate of drug-likeness (QED) is 0.816. The topological polar surface area (TPSA) is 72.6 Å². The Morgan fingerprint density at radius 2 is 2.05 bits per heavy atom. The molecule has 3 N–H and O–H groups in total. The Hall–Kier alpha value is -1.71. The third-order valence-electron chi connectivity index (χ3n) is 3.71. The largest absolute Gasteiger partial charge is 0.508 e. The van der Waals surface area contributed by atoms with Crippen molar-refractivity contribution in [1.82, 2.24) is 0 Å². The first kappa shape index (κ1) is 13.7. The summed E-state index contributed by atoms with van der Waals surface area (Å²) < 4.78 is 5.79. The number of benzene rings is 1. The van der Waals surface area contributed by atoms with Crippen LogP contribution in [-0.4, -0.2) is 16.6 Å². The number of fused-ring (bicyclic) bond motifs is 1. The number of carbonyl (C=O) groups is 1. The Bertz CT molecular complexity index is 531. The molecule has 1 aliphatic heterocycles. The van der Waals surface area contributed by atoms with Crippen molar-refractivity contribution in [2.75, 3.05) is 0 Å². The van der Waals surface area contributed by atoms with Crippen LogP contribution >= 0.6 is 0 Å². The number of phenols is 1. The predicted octanol–water partition coefficient (Wildman–Crippen LogP) is 2.26. The molecule has 0 aromatic heterocycles. The highest BCUT2D eigenvalue weighted by molar-refractivity contribution is 5.83. The van der Waals surface area contributed by atoms with Crippen molar-refractivity contribution >= 4 is 5.91 Å². The van der Waals surface area contributed by atoms with Gasteiger partial charge in [-0.15, -0.1) is 0 Å². The van der Waals surface area contributed by atoms with Gasteiger partial charge in [0, 0.05) is 12.0 Å². The lowest BCUT2D eigenvalue weighted by atomic mass is 9.83. The molecule has 1 unspecified atom stereocenters. The number of aryl methyl sites for hydroxylation is 1. The van der Waals surface area contributed by atoms with Crippen LogP contribution in [0.1, 0.15) is 45.2 Å². The summed E-state index contributed by atoms with van der Waals surface area (Å²) in [6, 6.07) is 3.56. The van der Waals surface area contributed by atoms with Crippen molar-refractivity contribution < 1.29 is 14.6 Å². The van der Waals surface area contributed by atoms with Crippen LogP contribution in [0.4, 0.5) is 0 Å². The Morgan fingerprint density at radius 3 is 2.58 bits per heavy atom. The number of amides is 1. The lowest BCUT2D eigenvalue weighted by Crippen LogP contribution is -2.48. The molecule has 4 heteroatoms. The fourth-order valence-electron chi connectivity index (χ4n) is 2.34. The molecule has 1 heterocycles. The molecule has 0 spiro atoms. The van der Waals surface area contributed by atoms with E-state index in [0.717, 1.165) is 11.1 Å². The molecule has 0 saturated carbocycles. The maximum absolute atomic E-state index is 11.5. The van der Waals surface area contributed by atoms with Gasteiger partial charge in [-0.3, -0.25) is 4.79 Å². The fraction of sp³-hybridized carbons (Fsp3) is 0.533. The van der Waals surface area contributed by atoms with Crippen LogP contribution in [0.5, 0.6) is 11.5 Å². The van der Waals surface area contributed by atoms with Crippen LogP contribution in [0, 0.1) is 0 Å². The molecule has 1 amide bonds. The molecule has 1 aliphatic rings. The van der Waals surface area contributed by atoms with E-state index in [4.69, 9.17) is 10.5 Å². The Morgan fingerprint density at radius 1 is 1.42 bits per heavy atom. The first-order chi connectivity index (χ1) is 8.63. The Kier molecular flexibility index (Phi) is 3.00. The second-order valence-electron chi connectivity index (χ2n) is 6.42. The van der Waals surface area contributed by atoms with Gasteiger partial charge in [0.15, 0.2) is 5.60 Å². The van der Waals surface area contributed by atoms with Crippen LogP contribution < -0.4 is 10.5 Å². The zero-order valence-electron chi connectivity index (χ0n) is 11.9. The standard InChI is InChI=1S/C15H21NO3/c1-14(2,3)10-8-12-9(7-11(10)17)5-6-15(4,19-12)13(16)18/h7-8,17H,5-6H2,1-4H3,(H2,16,18). The summed E-state index contributed by atoms with van der Waals surface area (Å²) >= 11 is 0. The van der Waals surface area contributed by atoms with E-state index in [-0.39, 0.29) is 11.2 Å². The van der Waals surface area contributed by atoms with Crippen LogP contribution in [0.3, 0.4) is 0 Å². The maximum Gasteiger partial charge on any atom is 0.261 e. The maximum atomic E-state index is 11.5. The van der Waals surface area contributed by atoms with Gasteiger partial charge in [-0.1, -0.05) is 20.8 Å². The van der Waals surface area contributed by atoms with E-state index in [1.807, 2.05) is 26.8 Å². The summed E-state index contributed by atoms with van der Waals surface area (Å²) in [5.41, 5.74) is 5.97. The van der Waals surface area contributed by atoms with E-state index < -0.39 is 11.5 Å². The number of carbonyl (C=O) groups excluding carboxylic acids is 1. The zero-order valence-corrected chi connectivity index (χ0v) is 11.9. The highest BCUT2D eigenvalue weighted by atomic mass is 16.5. The zero-order chi connectivity index (χ0) is 14.4. The van der Waals surface area contributed by atoms with Crippen LogP contribution in [0.15, 0.2) is 12.1 Å². The van der Waals surface area contributed by atoms with Crippen molar-refractivity contribution in [3.05, 3.63) is 23.3 Å². The van der Waals surface area contributed by atoms with Crippen molar-refractivity contribution in [2.24, 2.45) is 5.73 Å². The second-order valence-corrected chi connectivity index (χ2v) is 6.42. The molecule has 0 fully saturated rings. The van der Waals surface area contributed by atoms with E-state index in [1.54, 1.807) is 13.0 Å². The summed E-state index contributed by atoms with van der Waals surface area (Å²) in [6.07, 6.45) is 1.20. The molecule has 0 aliphatic carbocycles. The second kappa shape index (κ2) is 4.15. The number of hydrogen-bond donors (Lipinski definition) is 2. The first-order valence-electron chi connectivity index (χ1n) is 6.49. The van der Waals surface area contributed by atoms with E-state index in [9.17, 15) is 9.90 Å². The highest BCUT2D eigenvalue weighted by Gasteiger charge is 2.38. The molecule has 0 bridgehead atoms. The molecule has 4 nitrogen and oxygen atoms in total. The van der Waals surface area contributed by atoms with Gasteiger partial charge in [0.1, 0.15) is 11.5 Å². The molecule has 1 atom stereocenters. The summed E-state index contributed by atoms with van der Waals surface area (Å²) in [6.45, 7) is 7.77. The van der Waals surface area contributed by atoms with Crippen molar-refractivity contribution in [3.63, 3.8) is 0 Å². The number of hydrogen-bond acceptors (Lipinski definition) is 3. The first-order valence-corrected chi connectivity index (χ1v) is 6.49. The van der Waals surface area contributed by atoms with Crippen LogP contribution in [0.25, 0.3) is 0 Å². The van der Waals surface area contributed by atoms with Gasteiger partial charge in [-0.05, 0) is 36.5 Å². The molecule has 0 saturated heterocycles. The minimum Gasteiger partial charge on any atom is -0.508 e. The number of phenolic OH excluding ortho intramolecular Hbond substituents is 1. The summed E-state index contributed by atoms with van der Waals surface area (Å²) in [7, 11) is 0. The average Bonchev–Trinajstić information content (AvgIpc) is 2.27. The lowest BCUT2D eigenvalue weighted by molar-refractivity contribution is -0.133. The van der Waals surface area contributed by atoms with Gasteiger partial charge in [0.2, 0.25) is 0 Å². The Labute approximate surface area is 113 Å². The molecule has 19 heavy (non-hydrogen) atoms. The molecule has 2 rings (SSSR count). The van der Waals surface area contributed by atoms with Gasteiger partial charge in [-0.2, -0.15) is 0 Å². The van der Waals surface area contributed by atoms with Crippen LogP contribution in [0.2, 0.25) is 0 Å². The van der Waals surface area contributed by atoms with Gasteiger partial charge in [-0.25, -0.2) is 0 Å².